The molecule has 0 bridgehead atoms. The van der Waals surface area contributed by atoms with Crippen LogP contribution in [-0.4, -0.2) is 47.3 Å². The molecule has 8 heteroatoms. The summed E-state index contributed by atoms with van der Waals surface area (Å²) < 4.78 is 26.0. The highest BCUT2D eigenvalue weighted by molar-refractivity contribution is 7.99. The number of nitrogens with two attached hydrogens (primary N) is 1. The lowest BCUT2D eigenvalue weighted by molar-refractivity contribution is 0.443. The van der Waals surface area contributed by atoms with E-state index >= 15 is 0 Å². The zero-order chi connectivity index (χ0) is 13.2. The van der Waals surface area contributed by atoms with E-state index in [1.165, 1.54) is 22.6 Å². The van der Waals surface area contributed by atoms with Crippen molar-refractivity contribution in [2.75, 3.05) is 24.6 Å². The molecular formula is C10H13N3O2S3. The number of pyridine rings is 1. The van der Waals surface area contributed by atoms with E-state index in [2.05, 4.69) is 4.98 Å². The van der Waals surface area contributed by atoms with E-state index in [-0.39, 0.29) is 9.88 Å². The Kier molecular flexibility index (Phi) is 4.21. The number of nitrogens with zero attached hydrogens (tertiary/aromatic N) is 2. The minimum absolute atomic E-state index is 0.160. The van der Waals surface area contributed by atoms with E-state index < -0.39 is 10.0 Å². The molecule has 1 aliphatic rings. The van der Waals surface area contributed by atoms with Crippen LogP contribution in [0.1, 0.15) is 5.69 Å². The van der Waals surface area contributed by atoms with Gasteiger partial charge in [-0.3, -0.25) is 4.98 Å². The summed E-state index contributed by atoms with van der Waals surface area (Å²) in [4.78, 5) is 4.31. The Labute approximate surface area is 116 Å². The molecule has 0 unspecified atom stereocenters. The first-order valence-corrected chi connectivity index (χ1v) is 8.36. The Balaban J connectivity index is 2.26. The van der Waals surface area contributed by atoms with E-state index in [4.69, 9.17) is 18.0 Å². The van der Waals surface area contributed by atoms with Crippen molar-refractivity contribution < 1.29 is 8.42 Å². The second kappa shape index (κ2) is 5.52. The van der Waals surface area contributed by atoms with Gasteiger partial charge in [0.25, 0.3) is 0 Å². The first-order valence-electron chi connectivity index (χ1n) is 5.35. The Morgan fingerprint density at radius 3 is 2.56 bits per heavy atom. The van der Waals surface area contributed by atoms with Gasteiger partial charge in [-0.05, 0) is 12.1 Å². The van der Waals surface area contributed by atoms with Crippen molar-refractivity contribution in [3.8, 4) is 0 Å². The standard InChI is InChI=1S/C10H13N3O2S3/c11-10(16)9-2-1-8(7-12-9)18(14,15)13-3-5-17-6-4-13/h1-2,7H,3-6H2,(H2,11,16). The lowest BCUT2D eigenvalue weighted by Crippen LogP contribution is -2.37. The van der Waals surface area contributed by atoms with Crippen molar-refractivity contribution >= 4 is 39.0 Å². The molecule has 0 saturated carbocycles. The summed E-state index contributed by atoms with van der Waals surface area (Å²) in [7, 11) is -3.43. The van der Waals surface area contributed by atoms with Crippen LogP contribution in [0.15, 0.2) is 23.2 Å². The molecule has 1 saturated heterocycles. The van der Waals surface area contributed by atoms with Crippen molar-refractivity contribution in [1.29, 1.82) is 0 Å². The third-order valence-electron chi connectivity index (χ3n) is 2.60. The highest BCUT2D eigenvalue weighted by Crippen LogP contribution is 2.19. The van der Waals surface area contributed by atoms with Crippen molar-refractivity contribution in [2.24, 2.45) is 5.73 Å². The topological polar surface area (TPSA) is 76.3 Å². The summed E-state index contributed by atoms with van der Waals surface area (Å²) in [6, 6.07) is 3.03. The van der Waals surface area contributed by atoms with Crippen LogP contribution in [0.4, 0.5) is 0 Å². The third-order valence-corrected chi connectivity index (χ3v) is 5.63. The summed E-state index contributed by atoms with van der Waals surface area (Å²) in [5.41, 5.74) is 5.85. The molecule has 0 aliphatic carbocycles. The average Bonchev–Trinajstić information content (AvgIpc) is 2.40. The molecule has 0 aromatic carbocycles. The van der Waals surface area contributed by atoms with Gasteiger partial charge >= 0.3 is 0 Å². The first-order chi connectivity index (χ1) is 8.51. The molecule has 98 valence electrons. The van der Waals surface area contributed by atoms with Gasteiger partial charge in [0.15, 0.2) is 0 Å². The third kappa shape index (κ3) is 2.82. The molecule has 0 spiro atoms. The summed E-state index contributed by atoms with van der Waals surface area (Å²) in [5.74, 6) is 1.66. The molecule has 1 aromatic rings. The fourth-order valence-corrected chi connectivity index (χ4v) is 4.26. The molecule has 0 atom stereocenters. The summed E-state index contributed by atoms with van der Waals surface area (Å²) in [6.45, 7) is 1.09. The zero-order valence-electron chi connectivity index (χ0n) is 9.57. The van der Waals surface area contributed by atoms with Crippen LogP contribution in [-0.2, 0) is 10.0 Å². The second-order valence-corrected chi connectivity index (χ2v) is 7.36. The highest BCUT2D eigenvalue weighted by Gasteiger charge is 2.26. The van der Waals surface area contributed by atoms with Gasteiger partial charge in [0.2, 0.25) is 10.0 Å². The Morgan fingerprint density at radius 1 is 1.39 bits per heavy atom. The number of sulfonamides is 1. The van der Waals surface area contributed by atoms with Gasteiger partial charge in [-0.15, -0.1) is 0 Å². The molecule has 2 heterocycles. The second-order valence-electron chi connectivity index (χ2n) is 3.76. The van der Waals surface area contributed by atoms with Gasteiger partial charge in [0, 0.05) is 30.8 Å². The van der Waals surface area contributed by atoms with Crippen molar-refractivity contribution in [1.82, 2.24) is 9.29 Å². The summed E-state index contributed by atoms with van der Waals surface area (Å²) >= 11 is 6.54. The molecular weight excluding hydrogens is 290 g/mol. The van der Waals surface area contributed by atoms with Crippen LogP contribution in [0.3, 0.4) is 0 Å². The maximum Gasteiger partial charge on any atom is 0.244 e. The largest absolute Gasteiger partial charge is 0.388 e. The van der Waals surface area contributed by atoms with Gasteiger partial charge in [0.1, 0.15) is 9.88 Å². The fourth-order valence-electron chi connectivity index (χ4n) is 1.61. The van der Waals surface area contributed by atoms with Gasteiger partial charge in [-0.1, -0.05) is 12.2 Å². The van der Waals surface area contributed by atoms with Gasteiger partial charge in [0.05, 0.1) is 5.69 Å². The SMILES string of the molecule is NC(=S)c1ccc(S(=O)(=O)N2CCSCC2)cn1. The van der Waals surface area contributed by atoms with E-state index in [1.807, 2.05) is 0 Å². The molecule has 18 heavy (non-hydrogen) atoms. The number of hydrogen-bond donors (Lipinski definition) is 1. The minimum atomic E-state index is -3.43. The number of rotatable bonds is 3. The van der Waals surface area contributed by atoms with Crippen molar-refractivity contribution in [3.05, 3.63) is 24.0 Å². The van der Waals surface area contributed by atoms with Gasteiger partial charge < -0.3 is 5.73 Å². The molecule has 1 fully saturated rings. The number of thioether (sulfide) groups is 1. The molecule has 0 radical (unpaired) electrons. The van der Waals surface area contributed by atoms with Crippen LogP contribution >= 0.6 is 24.0 Å². The Bertz CT molecular complexity index is 536. The van der Waals surface area contributed by atoms with Gasteiger partial charge in [-0.25, -0.2) is 8.42 Å². The van der Waals surface area contributed by atoms with Crippen molar-refractivity contribution in [3.63, 3.8) is 0 Å². The Morgan fingerprint density at radius 2 is 2.06 bits per heavy atom. The molecule has 0 amide bonds. The van der Waals surface area contributed by atoms with Crippen molar-refractivity contribution in [2.45, 2.75) is 4.90 Å². The fraction of sp³-hybridized carbons (Fsp3) is 0.400. The monoisotopic (exact) mass is 303 g/mol. The lowest BCUT2D eigenvalue weighted by atomic mass is 10.3. The van der Waals surface area contributed by atoms with Crippen LogP contribution in [0, 0.1) is 0 Å². The average molecular weight is 303 g/mol. The number of hydrogen-bond acceptors (Lipinski definition) is 5. The number of thiocarbonyl (C=S) groups is 1. The van der Waals surface area contributed by atoms with Crippen LogP contribution < -0.4 is 5.73 Å². The molecule has 2 rings (SSSR count). The molecule has 1 aliphatic heterocycles. The zero-order valence-corrected chi connectivity index (χ0v) is 12.0. The van der Waals surface area contributed by atoms with Crippen LogP contribution in [0.25, 0.3) is 0 Å². The highest BCUT2D eigenvalue weighted by atomic mass is 32.2. The first kappa shape index (κ1) is 13.7. The summed E-state index contributed by atoms with van der Waals surface area (Å²) in [6.07, 6.45) is 1.31. The molecule has 5 nitrogen and oxygen atoms in total. The smallest absolute Gasteiger partial charge is 0.244 e. The normalized spacial score (nSPS) is 17.6. The molecule has 1 aromatic heterocycles. The molecule has 2 N–H and O–H groups in total. The van der Waals surface area contributed by atoms with E-state index in [1.54, 1.807) is 11.8 Å². The van der Waals surface area contributed by atoms with Gasteiger partial charge in [-0.2, -0.15) is 16.1 Å². The quantitative estimate of drug-likeness (QED) is 0.817. The predicted molar refractivity (Wildman–Crippen MR) is 76.2 cm³/mol. The number of aromatic nitrogens is 1. The minimum Gasteiger partial charge on any atom is -0.388 e. The van der Waals surface area contributed by atoms with Crippen LogP contribution in [0.2, 0.25) is 0 Å². The predicted octanol–water partition coefficient (Wildman–Crippen LogP) is 0.453. The Hall–Kier alpha value is -0.700. The van der Waals surface area contributed by atoms with E-state index in [9.17, 15) is 8.42 Å². The maximum absolute atomic E-state index is 12.3. The van der Waals surface area contributed by atoms with E-state index in [0.717, 1.165) is 11.5 Å². The van der Waals surface area contributed by atoms with Crippen LogP contribution in [0.5, 0.6) is 0 Å². The summed E-state index contributed by atoms with van der Waals surface area (Å²) in [5, 5.41) is 0. The lowest BCUT2D eigenvalue weighted by Gasteiger charge is -2.25. The van der Waals surface area contributed by atoms with E-state index in [0.29, 0.717) is 18.8 Å². The maximum atomic E-state index is 12.3.